The van der Waals surface area contributed by atoms with E-state index < -0.39 is 86.7 Å². The van der Waals surface area contributed by atoms with Gasteiger partial charge in [0.1, 0.15) is 22.9 Å². The normalized spacial score (nSPS) is 32.1. The molecule has 13 heteroatoms. The molecule has 1 saturated heterocycles. The lowest BCUT2D eigenvalue weighted by atomic mass is 9.57. The van der Waals surface area contributed by atoms with Crippen molar-refractivity contribution in [1.82, 2.24) is 9.80 Å². The van der Waals surface area contributed by atoms with Gasteiger partial charge in [0.15, 0.2) is 17.1 Å². The third-order valence-electron chi connectivity index (χ3n) is 10.1. The molecular weight excluding hydrogens is 563 g/mol. The lowest BCUT2D eigenvalue weighted by molar-refractivity contribution is -0.153. The number of carbonyl (C=O) groups is 4. The monoisotopic (exact) mass is 598 g/mol. The summed E-state index contributed by atoms with van der Waals surface area (Å²) in [4.78, 5) is 55.5. The molecule has 0 bridgehead atoms. The number of halogens is 1. The average Bonchev–Trinajstić information content (AvgIpc) is 3.50. The van der Waals surface area contributed by atoms with Crippen molar-refractivity contribution >= 4 is 34.8 Å². The molecule has 1 heterocycles. The number of carbonyl (C=O) groups excluding carboxylic acids is 4. The van der Waals surface area contributed by atoms with Gasteiger partial charge in [-0.1, -0.05) is 6.42 Å². The van der Waals surface area contributed by atoms with Crippen LogP contribution in [0.15, 0.2) is 23.0 Å². The number of aliphatic hydroxyl groups excluding tert-OH is 2. The van der Waals surface area contributed by atoms with E-state index in [0.717, 1.165) is 32.0 Å². The molecule has 6 rings (SSSR count). The van der Waals surface area contributed by atoms with E-state index in [9.17, 15) is 39.6 Å². The molecule has 4 aliphatic carbocycles. The second kappa shape index (κ2) is 10.1. The third kappa shape index (κ3) is 4.27. The van der Waals surface area contributed by atoms with Gasteiger partial charge in [-0.3, -0.25) is 29.0 Å². The quantitative estimate of drug-likeness (QED) is 0.208. The number of nitrogens with one attached hydrogen (secondary N) is 1. The van der Waals surface area contributed by atoms with Crippen molar-refractivity contribution in [3.8, 4) is 5.75 Å². The second-order valence-electron chi connectivity index (χ2n) is 12.8. The number of benzene rings is 1. The molecule has 1 aromatic rings. The molecule has 0 aromatic heterocycles. The Morgan fingerprint density at radius 2 is 1.81 bits per heavy atom. The largest absolute Gasteiger partial charge is 0.508 e. The van der Waals surface area contributed by atoms with Crippen LogP contribution in [0.5, 0.6) is 5.75 Å². The molecule has 5 aliphatic rings. The Hall–Kier alpha value is -3.81. The average molecular weight is 599 g/mol. The number of Topliss-reactive ketones (excluding diaryl/α,β-unsaturated/α-hetero) is 2. The molecule has 2 saturated carbocycles. The van der Waals surface area contributed by atoms with E-state index in [1.165, 1.54) is 25.4 Å². The van der Waals surface area contributed by atoms with Gasteiger partial charge in [0.25, 0.3) is 5.91 Å². The third-order valence-corrected chi connectivity index (χ3v) is 10.1. The summed E-state index contributed by atoms with van der Waals surface area (Å²) in [6.07, 6.45) is 3.12. The number of phenolic OH excluding ortho intramolecular Hbond substituents is 1. The van der Waals surface area contributed by atoms with Crippen molar-refractivity contribution in [3.63, 3.8) is 0 Å². The summed E-state index contributed by atoms with van der Waals surface area (Å²) in [5.74, 6) is -8.42. The number of likely N-dealkylation sites (N-methyl/N-ethyl adjacent to an activating group) is 1. The molecular formula is C30H35FN4O8. The van der Waals surface area contributed by atoms with Crippen LogP contribution < -0.4 is 11.1 Å². The van der Waals surface area contributed by atoms with E-state index in [4.69, 9.17) is 5.73 Å². The Labute approximate surface area is 246 Å². The molecule has 1 aromatic carbocycles. The van der Waals surface area contributed by atoms with Gasteiger partial charge < -0.3 is 31.5 Å². The highest BCUT2D eigenvalue weighted by atomic mass is 19.1. The summed E-state index contributed by atoms with van der Waals surface area (Å²) in [5.41, 5.74) is 0.424. The number of ketones is 2. The zero-order chi connectivity index (χ0) is 31.1. The minimum atomic E-state index is -2.79. The molecule has 0 spiro atoms. The standard InChI is InChI=1S/C30H35FN4O8/c1-34(2)23-16-7-14-6-15-17(31)8-18(33-19(36)11-35-9-12-4-3-5-13(12)10-35)24(37)21(15)25(38)20(14)27(40)30(16,43)28(41)22(26(23)39)29(32)42/h8,12-14,16,23,37-38,41,43H,3-7,9-11H2,1-2H3,(H2,32,42)(H,33,36)/t12?,13?,14-,16-,23-,30-/m0/s1. The van der Waals surface area contributed by atoms with E-state index in [1.807, 2.05) is 4.90 Å². The number of nitrogens with zero attached hydrogens (tertiary/aromatic N) is 2. The Balaban J connectivity index is 1.36. The molecule has 43 heavy (non-hydrogen) atoms. The van der Waals surface area contributed by atoms with Crippen molar-refractivity contribution in [2.45, 2.75) is 43.7 Å². The fourth-order valence-corrected chi connectivity index (χ4v) is 8.22. The number of anilines is 1. The van der Waals surface area contributed by atoms with E-state index in [-0.39, 0.29) is 30.6 Å². The topological polar surface area (TPSA) is 194 Å². The van der Waals surface area contributed by atoms with Crippen LogP contribution in [0.1, 0.15) is 36.8 Å². The van der Waals surface area contributed by atoms with Crippen LogP contribution >= 0.6 is 0 Å². The number of hydrogen-bond donors (Lipinski definition) is 6. The first-order valence-corrected chi connectivity index (χ1v) is 14.5. The first-order valence-electron chi connectivity index (χ1n) is 14.5. The summed E-state index contributed by atoms with van der Waals surface area (Å²) >= 11 is 0. The number of aliphatic hydroxyl groups is 3. The van der Waals surface area contributed by atoms with Crippen LogP contribution in [-0.4, -0.2) is 99.0 Å². The van der Waals surface area contributed by atoms with Crippen LogP contribution in [0.3, 0.4) is 0 Å². The highest BCUT2D eigenvalue weighted by Crippen LogP contribution is 2.53. The van der Waals surface area contributed by atoms with Gasteiger partial charge >= 0.3 is 0 Å². The Morgan fingerprint density at radius 1 is 1.16 bits per heavy atom. The van der Waals surface area contributed by atoms with Gasteiger partial charge in [0, 0.05) is 36.2 Å². The molecule has 2 unspecified atom stereocenters. The lowest BCUT2D eigenvalue weighted by Gasteiger charge is -2.50. The van der Waals surface area contributed by atoms with Crippen LogP contribution in [0.4, 0.5) is 10.1 Å². The summed E-state index contributed by atoms with van der Waals surface area (Å²) < 4.78 is 15.5. The van der Waals surface area contributed by atoms with E-state index in [1.54, 1.807) is 0 Å². The van der Waals surface area contributed by atoms with Gasteiger partial charge in [0.2, 0.25) is 11.7 Å². The zero-order valence-electron chi connectivity index (χ0n) is 23.9. The Morgan fingerprint density at radius 3 is 2.42 bits per heavy atom. The summed E-state index contributed by atoms with van der Waals surface area (Å²) in [7, 11) is 2.99. The van der Waals surface area contributed by atoms with Gasteiger partial charge in [-0.25, -0.2) is 4.39 Å². The molecule has 1 aliphatic heterocycles. The first kappa shape index (κ1) is 29.3. The van der Waals surface area contributed by atoms with E-state index in [2.05, 4.69) is 5.32 Å². The minimum Gasteiger partial charge on any atom is -0.508 e. The van der Waals surface area contributed by atoms with Gasteiger partial charge in [0.05, 0.1) is 23.8 Å². The highest BCUT2D eigenvalue weighted by molar-refractivity contribution is 6.24. The SMILES string of the molecule is CN(C)[C@@H]1C(=O)C(C(N)=O)=C(O)[C@@]2(O)C(=O)C3=C(O)c4c(O)c(NC(=O)CN5CC6CCCC6C5)cc(F)c4C[C@H]3C[C@@H]12. The molecule has 12 nitrogen and oxygen atoms in total. The van der Waals surface area contributed by atoms with Crippen molar-refractivity contribution in [2.24, 2.45) is 29.4 Å². The molecule has 0 radical (unpaired) electrons. The number of rotatable bonds is 5. The number of likely N-dealkylation sites (tertiary alicyclic amines) is 1. The molecule has 230 valence electrons. The summed E-state index contributed by atoms with van der Waals surface area (Å²) in [6, 6.07) is -0.270. The molecule has 6 atom stereocenters. The predicted molar refractivity (Wildman–Crippen MR) is 150 cm³/mol. The maximum absolute atomic E-state index is 15.5. The lowest BCUT2D eigenvalue weighted by Crippen LogP contribution is -2.65. The fraction of sp³-hybridized carbons (Fsp3) is 0.533. The number of nitrogens with two attached hydrogens (primary N) is 1. The van der Waals surface area contributed by atoms with Crippen molar-refractivity contribution in [3.05, 3.63) is 39.9 Å². The number of primary amides is 1. The minimum absolute atomic E-state index is 0.0484. The van der Waals surface area contributed by atoms with Gasteiger partial charge in [-0.05, 0) is 57.5 Å². The predicted octanol–water partition coefficient (Wildman–Crippen LogP) is 0.774. The fourth-order valence-electron chi connectivity index (χ4n) is 8.22. The van der Waals surface area contributed by atoms with Crippen molar-refractivity contribution in [1.29, 1.82) is 0 Å². The van der Waals surface area contributed by atoms with Crippen molar-refractivity contribution in [2.75, 3.05) is 39.0 Å². The van der Waals surface area contributed by atoms with Crippen LogP contribution in [0.2, 0.25) is 0 Å². The highest BCUT2D eigenvalue weighted by Gasteiger charge is 2.64. The Kier molecular flexibility index (Phi) is 6.90. The molecule has 7 N–H and O–H groups in total. The maximum Gasteiger partial charge on any atom is 0.255 e. The summed E-state index contributed by atoms with van der Waals surface area (Å²) in [5, 5.41) is 47.6. The van der Waals surface area contributed by atoms with Crippen LogP contribution in [-0.2, 0) is 25.6 Å². The number of hydrogen-bond acceptors (Lipinski definition) is 10. The van der Waals surface area contributed by atoms with Gasteiger partial charge in [-0.2, -0.15) is 0 Å². The van der Waals surface area contributed by atoms with Crippen LogP contribution in [0.25, 0.3) is 5.76 Å². The molecule has 2 amide bonds. The summed E-state index contributed by atoms with van der Waals surface area (Å²) in [6.45, 7) is 1.64. The maximum atomic E-state index is 15.5. The van der Waals surface area contributed by atoms with Crippen molar-refractivity contribution < 1.29 is 44.0 Å². The number of aromatic hydroxyl groups is 1. The van der Waals surface area contributed by atoms with E-state index >= 15 is 4.39 Å². The first-order chi connectivity index (χ1) is 20.2. The Bertz CT molecular complexity index is 1520. The number of amides is 2. The molecule has 3 fully saturated rings. The number of phenols is 1. The van der Waals surface area contributed by atoms with Crippen LogP contribution in [0, 0.1) is 29.5 Å². The van der Waals surface area contributed by atoms with Gasteiger partial charge in [-0.15, -0.1) is 0 Å². The number of fused-ring (bicyclic) bond motifs is 4. The second-order valence-corrected chi connectivity index (χ2v) is 12.8. The van der Waals surface area contributed by atoms with E-state index in [0.29, 0.717) is 11.8 Å². The smallest absolute Gasteiger partial charge is 0.255 e. The zero-order valence-corrected chi connectivity index (χ0v) is 23.9.